The van der Waals surface area contributed by atoms with E-state index in [9.17, 15) is 9.59 Å². The maximum absolute atomic E-state index is 11.2. The molecule has 8 heteroatoms. The third kappa shape index (κ3) is 14.5. The van der Waals surface area contributed by atoms with Gasteiger partial charge in [0.05, 0.1) is 45.2 Å². The van der Waals surface area contributed by atoms with Gasteiger partial charge >= 0.3 is 11.9 Å². The summed E-state index contributed by atoms with van der Waals surface area (Å²) in [5.41, 5.74) is 0. The molecule has 0 fully saturated rings. The molecule has 0 heterocycles. The summed E-state index contributed by atoms with van der Waals surface area (Å²) >= 11 is 0. The number of hydrogen-bond acceptors (Lipinski definition) is 8. The molecule has 0 aromatic rings. The van der Waals surface area contributed by atoms with E-state index < -0.39 is 11.9 Å². The number of carbonyl (C=O) groups is 2. The molecule has 0 unspecified atom stereocenters. The van der Waals surface area contributed by atoms with Crippen LogP contribution in [0.1, 0.15) is 12.8 Å². The number of carbonyl (C=O) groups excluding carboxylic acids is 2. The highest BCUT2D eigenvalue weighted by molar-refractivity contribution is 5.70. The van der Waals surface area contributed by atoms with E-state index in [0.29, 0.717) is 0 Å². The van der Waals surface area contributed by atoms with Gasteiger partial charge in [0.2, 0.25) is 0 Å². The standard InChI is InChI=1S/C14H22O8/c1-3-17-11-18-8-6-14(16)22-10-9-20-12-19-7-5-13(15)21-4-2/h3-4H,1-2,5-12H2. The lowest BCUT2D eigenvalue weighted by Gasteiger charge is -2.07. The lowest BCUT2D eigenvalue weighted by Crippen LogP contribution is -2.14. The minimum atomic E-state index is -0.426. The minimum absolute atomic E-state index is 0.000916. The smallest absolute Gasteiger partial charge is 0.312 e. The number of ether oxygens (including phenoxy) is 6. The Morgan fingerprint density at radius 2 is 1.41 bits per heavy atom. The Balaban J connectivity index is 3.24. The lowest BCUT2D eigenvalue weighted by molar-refractivity contribution is -0.150. The van der Waals surface area contributed by atoms with Crippen LogP contribution in [0.2, 0.25) is 0 Å². The van der Waals surface area contributed by atoms with Crippen LogP contribution in [0.3, 0.4) is 0 Å². The van der Waals surface area contributed by atoms with Crippen LogP contribution in [0.25, 0.3) is 0 Å². The molecule has 0 bridgehead atoms. The van der Waals surface area contributed by atoms with Gasteiger partial charge in [-0.3, -0.25) is 9.59 Å². The molecule has 0 N–H and O–H groups in total. The second kappa shape index (κ2) is 15.5. The summed E-state index contributed by atoms with van der Waals surface area (Å²) in [5.74, 6) is -0.820. The van der Waals surface area contributed by atoms with Crippen molar-refractivity contribution in [3.8, 4) is 0 Å². The first-order valence-electron chi connectivity index (χ1n) is 6.62. The first kappa shape index (κ1) is 20.1. The summed E-state index contributed by atoms with van der Waals surface area (Å²) in [6.45, 7) is 7.35. The Morgan fingerprint density at radius 3 is 2.09 bits per heavy atom. The zero-order chi connectivity index (χ0) is 16.5. The summed E-state index contributed by atoms with van der Waals surface area (Å²) in [5, 5.41) is 0. The van der Waals surface area contributed by atoms with Crippen LogP contribution in [0, 0.1) is 0 Å². The molecule has 0 radical (unpaired) electrons. The molecule has 0 aliphatic heterocycles. The predicted molar refractivity (Wildman–Crippen MR) is 75.4 cm³/mol. The fourth-order valence-electron chi connectivity index (χ4n) is 1.08. The Kier molecular flexibility index (Phi) is 14.2. The minimum Gasteiger partial charge on any atom is -0.476 e. The van der Waals surface area contributed by atoms with Gasteiger partial charge in [0.1, 0.15) is 13.4 Å². The Bertz CT molecular complexity index is 329. The molecule has 0 aromatic heterocycles. The molecule has 0 aromatic carbocycles. The average Bonchev–Trinajstić information content (AvgIpc) is 2.50. The lowest BCUT2D eigenvalue weighted by atomic mass is 10.5. The van der Waals surface area contributed by atoms with E-state index in [-0.39, 0.29) is 52.9 Å². The molecular weight excluding hydrogens is 296 g/mol. The number of rotatable bonds is 15. The SMILES string of the molecule is C=COCOCCC(=O)OCCOCOCCC(=O)OC=C. The van der Waals surface area contributed by atoms with E-state index in [2.05, 4.69) is 17.9 Å². The second-order valence-corrected chi connectivity index (χ2v) is 3.67. The van der Waals surface area contributed by atoms with Gasteiger partial charge < -0.3 is 28.4 Å². The molecule has 126 valence electrons. The van der Waals surface area contributed by atoms with Gasteiger partial charge in [-0.1, -0.05) is 13.2 Å². The fourth-order valence-corrected chi connectivity index (χ4v) is 1.08. The Morgan fingerprint density at radius 1 is 0.773 bits per heavy atom. The van der Waals surface area contributed by atoms with Crippen molar-refractivity contribution in [1.82, 2.24) is 0 Å². The van der Waals surface area contributed by atoms with Gasteiger partial charge in [-0.2, -0.15) is 0 Å². The van der Waals surface area contributed by atoms with Gasteiger partial charge in [0, 0.05) is 0 Å². The zero-order valence-electron chi connectivity index (χ0n) is 12.5. The third-order valence-corrected chi connectivity index (χ3v) is 2.04. The van der Waals surface area contributed by atoms with Crippen molar-refractivity contribution in [2.75, 3.05) is 40.0 Å². The van der Waals surface area contributed by atoms with Crippen LogP contribution >= 0.6 is 0 Å². The molecule has 0 atom stereocenters. The maximum atomic E-state index is 11.2. The van der Waals surface area contributed by atoms with Crippen LogP contribution in [0.4, 0.5) is 0 Å². The first-order valence-corrected chi connectivity index (χ1v) is 6.62. The van der Waals surface area contributed by atoms with Crippen molar-refractivity contribution in [3.05, 3.63) is 25.7 Å². The molecular formula is C14H22O8. The Labute approximate surface area is 129 Å². The maximum Gasteiger partial charge on any atom is 0.312 e. The summed E-state index contributed by atoms with van der Waals surface area (Å²) in [6, 6.07) is 0. The molecule has 0 spiro atoms. The average molecular weight is 318 g/mol. The van der Waals surface area contributed by atoms with E-state index in [1.807, 2.05) is 0 Å². The van der Waals surface area contributed by atoms with Gasteiger partial charge in [-0.25, -0.2) is 0 Å². The number of esters is 2. The molecule has 0 aliphatic rings. The highest BCUT2D eigenvalue weighted by atomic mass is 16.7. The van der Waals surface area contributed by atoms with Crippen molar-refractivity contribution in [2.24, 2.45) is 0 Å². The predicted octanol–water partition coefficient (Wildman–Crippen LogP) is 1.12. The van der Waals surface area contributed by atoms with Gasteiger partial charge in [0.25, 0.3) is 0 Å². The topological polar surface area (TPSA) is 89.5 Å². The molecule has 0 aliphatic carbocycles. The quantitative estimate of drug-likeness (QED) is 0.192. The van der Waals surface area contributed by atoms with Crippen molar-refractivity contribution >= 4 is 11.9 Å². The molecule has 0 rings (SSSR count). The van der Waals surface area contributed by atoms with Crippen LogP contribution in [-0.4, -0.2) is 52.0 Å². The van der Waals surface area contributed by atoms with Gasteiger partial charge in [0.15, 0.2) is 6.79 Å². The van der Waals surface area contributed by atoms with Crippen LogP contribution in [0.15, 0.2) is 25.7 Å². The van der Waals surface area contributed by atoms with E-state index in [4.69, 9.17) is 23.7 Å². The zero-order valence-corrected chi connectivity index (χ0v) is 12.5. The monoisotopic (exact) mass is 318 g/mol. The molecule has 0 amide bonds. The highest BCUT2D eigenvalue weighted by Gasteiger charge is 2.03. The molecule has 8 nitrogen and oxygen atoms in total. The van der Waals surface area contributed by atoms with E-state index in [0.717, 1.165) is 6.26 Å². The van der Waals surface area contributed by atoms with E-state index in [1.54, 1.807) is 0 Å². The van der Waals surface area contributed by atoms with Gasteiger partial charge in [-0.05, 0) is 0 Å². The highest BCUT2D eigenvalue weighted by Crippen LogP contribution is 1.91. The molecule has 22 heavy (non-hydrogen) atoms. The Hall–Kier alpha value is -1.90. The van der Waals surface area contributed by atoms with Crippen molar-refractivity contribution in [3.63, 3.8) is 0 Å². The largest absolute Gasteiger partial charge is 0.476 e. The fraction of sp³-hybridized carbons (Fsp3) is 0.571. The third-order valence-electron chi connectivity index (χ3n) is 2.04. The van der Waals surface area contributed by atoms with E-state index >= 15 is 0 Å². The normalized spacial score (nSPS) is 9.82. The summed E-state index contributed by atoms with van der Waals surface area (Å²) < 4.78 is 29.1. The van der Waals surface area contributed by atoms with Crippen molar-refractivity contribution < 1.29 is 38.0 Å². The second-order valence-electron chi connectivity index (χ2n) is 3.67. The van der Waals surface area contributed by atoms with Crippen LogP contribution in [0.5, 0.6) is 0 Å². The van der Waals surface area contributed by atoms with Crippen LogP contribution in [-0.2, 0) is 38.0 Å². The number of hydrogen-bond donors (Lipinski definition) is 0. The molecule has 0 saturated carbocycles. The summed E-state index contributed by atoms with van der Waals surface area (Å²) in [4.78, 5) is 22.1. The summed E-state index contributed by atoms with van der Waals surface area (Å²) in [7, 11) is 0. The van der Waals surface area contributed by atoms with Crippen LogP contribution < -0.4 is 0 Å². The van der Waals surface area contributed by atoms with Crippen molar-refractivity contribution in [1.29, 1.82) is 0 Å². The van der Waals surface area contributed by atoms with Gasteiger partial charge in [-0.15, -0.1) is 0 Å². The van der Waals surface area contributed by atoms with Crippen molar-refractivity contribution in [2.45, 2.75) is 12.8 Å². The molecule has 0 saturated heterocycles. The van der Waals surface area contributed by atoms with E-state index in [1.165, 1.54) is 6.26 Å². The summed E-state index contributed by atoms with van der Waals surface area (Å²) in [6.07, 6.45) is 2.55. The first-order chi connectivity index (χ1) is 10.7.